The monoisotopic (exact) mass is 403 g/mol. The normalized spacial score (nSPS) is 18.4. The zero-order chi connectivity index (χ0) is 21.1. The first-order valence-corrected chi connectivity index (χ1v) is 13.8. The van der Waals surface area contributed by atoms with Crippen molar-refractivity contribution in [3.63, 3.8) is 0 Å². The molecule has 1 saturated heterocycles. The Morgan fingerprint density at radius 2 is 1.75 bits per heavy atom. The zero-order valence-corrected chi connectivity index (χ0v) is 20.4. The van der Waals surface area contributed by atoms with E-state index in [1.165, 1.54) is 28.7 Å². The lowest BCUT2D eigenvalue weighted by Crippen LogP contribution is -2.50. The number of likely N-dealkylation sites (tertiary alicyclic amines) is 1. The van der Waals surface area contributed by atoms with Gasteiger partial charge in [0.15, 0.2) is 8.32 Å². The van der Waals surface area contributed by atoms with Crippen LogP contribution in [0.4, 0.5) is 0 Å². The van der Waals surface area contributed by atoms with Gasteiger partial charge in [-0.1, -0.05) is 38.5 Å². The highest BCUT2D eigenvalue weighted by Crippen LogP contribution is 2.37. The molecular formula is C24H41NO2Si. The molecule has 1 aliphatic rings. The van der Waals surface area contributed by atoms with Crippen LogP contribution in [0.1, 0.15) is 68.7 Å². The first-order chi connectivity index (χ1) is 12.9. The van der Waals surface area contributed by atoms with Gasteiger partial charge in [-0.25, -0.2) is 0 Å². The Bertz CT molecular complexity index is 667. The fraction of sp³-hybridized carbons (Fsp3) is 0.708. The Kier molecular flexibility index (Phi) is 7.54. The highest BCUT2D eigenvalue weighted by molar-refractivity contribution is 6.74. The molecule has 4 heteroatoms. The van der Waals surface area contributed by atoms with Crippen LogP contribution in [0, 0.1) is 20.8 Å². The Morgan fingerprint density at radius 3 is 2.32 bits per heavy atom. The lowest BCUT2D eigenvalue weighted by Gasteiger charge is -2.41. The Balaban J connectivity index is 2.00. The first kappa shape index (κ1) is 23.1. The van der Waals surface area contributed by atoms with E-state index in [0.29, 0.717) is 18.9 Å². The Morgan fingerprint density at radius 1 is 1.14 bits per heavy atom. The molecule has 0 bridgehead atoms. The van der Waals surface area contributed by atoms with Crippen molar-refractivity contribution in [1.29, 1.82) is 0 Å². The molecule has 0 aromatic heterocycles. The predicted molar refractivity (Wildman–Crippen MR) is 121 cm³/mol. The van der Waals surface area contributed by atoms with Crippen LogP contribution in [0.25, 0.3) is 0 Å². The standard InChI is InChI=1S/C24H41NO2Si/c1-18-15-19(2)22(20(3)16-18)12-13-23(26)25-14-10-9-11-21(25)17-27-28(7,8)24(4,5)6/h15-16,21H,9-14,17H2,1-8H3/t21-/m1/s1. The second kappa shape index (κ2) is 9.13. The summed E-state index contributed by atoms with van der Waals surface area (Å²) in [7, 11) is -1.78. The fourth-order valence-corrected chi connectivity index (χ4v) is 5.05. The van der Waals surface area contributed by atoms with Crippen molar-refractivity contribution in [2.45, 2.75) is 97.8 Å². The lowest BCUT2D eigenvalue weighted by atomic mass is 9.95. The minimum Gasteiger partial charge on any atom is -0.415 e. The van der Waals surface area contributed by atoms with Gasteiger partial charge in [0, 0.05) is 13.0 Å². The minimum atomic E-state index is -1.78. The van der Waals surface area contributed by atoms with Crippen LogP contribution in [0.2, 0.25) is 18.1 Å². The number of nitrogens with zero attached hydrogens (tertiary/aromatic N) is 1. The topological polar surface area (TPSA) is 29.5 Å². The van der Waals surface area contributed by atoms with Crippen LogP contribution in [-0.4, -0.2) is 38.3 Å². The summed E-state index contributed by atoms with van der Waals surface area (Å²) >= 11 is 0. The van der Waals surface area contributed by atoms with Gasteiger partial charge in [-0.15, -0.1) is 0 Å². The van der Waals surface area contributed by atoms with Gasteiger partial charge in [0.2, 0.25) is 5.91 Å². The van der Waals surface area contributed by atoms with Gasteiger partial charge in [-0.3, -0.25) is 4.79 Å². The fourth-order valence-electron chi connectivity index (χ4n) is 4.00. The van der Waals surface area contributed by atoms with Crippen molar-refractivity contribution in [3.8, 4) is 0 Å². The van der Waals surface area contributed by atoms with Gasteiger partial charge >= 0.3 is 0 Å². The number of hydrogen-bond acceptors (Lipinski definition) is 2. The summed E-state index contributed by atoms with van der Waals surface area (Å²) in [6.45, 7) is 19.5. The van der Waals surface area contributed by atoms with E-state index < -0.39 is 8.32 Å². The van der Waals surface area contributed by atoms with E-state index in [1.807, 2.05) is 0 Å². The third kappa shape index (κ3) is 5.70. The molecule has 2 rings (SSSR count). The molecule has 0 unspecified atom stereocenters. The molecule has 1 amide bonds. The number of carbonyl (C=O) groups is 1. The van der Waals surface area contributed by atoms with Crippen LogP contribution in [-0.2, 0) is 15.6 Å². The van der Waals surface area contributed by atoms with E-state index in [9.17, 15) is 4.79 Å². The average molecular weight is 404 g/mol. The maximum absolute atomic E-state index is 13.1. The second-order valence-electron chi connectivity index (χ2n) is 10.2. The van der Waals surface area contributed by atoms with E-state index in [0.717, 1.165) is 25.8 Å². The third-order valence-corrected chi connectivity index (χ3v) is 11.3. The number of aryl methyl sites for hydroxylation is 3. The molecule has 0 saturated carbocycles. The van der Waals surface area contributed by atoms with Gasteiger partial charge in [0.1, 0.15) is 0 Å². The van der Waals surface area contributed by atoms with Crippen molar-refractivity contribution in [1.82, 2.24) is 4.90 Å². The summed E-state index contributed by atoms with van der Waals surface area (Å²) in [4.78, 5) is 15.2. The molecule has 28 heavy (non-hydrogen) atoms. The summed E-state index contributed by atoms with van der Waals surface area (Å²) in [5, 5.41) is 0.205. The van der Waals surface area contributed by atoms with E-state index in [1.54, 1.807) is 0 Å². The number of piperidine rings is 1. The van der Waals surface area contributed by atoms with Crippen molar-refractivity contribution in [3.05, 3.63) is 34.4 Å². The summed E-state index contributed by atoms with van der Waals surface area (Å²) in [5.41, 5.74) is 5.25. The maximum atomic E-state index is 13.1. The average Bonchev–Trinajstić information content (AvgIpc) is 2.58. The Hall–Kier alpha value is -1.13. The quantitative estimate of drug-likeness (QED) is 0.549. The molecule has 0 aliphatic carbocycles. The molecular weight excluding hydrogens is 362 g/mol. The molecule has 1 heterocycles. The highest BCUT2D eigenvalue weighted by Gasteiger charge is 2.38. The minimum absolute atomic E-state index is 0.205. The number of carbonyl (C=O) groups excluding carboxylic acids is 1. The van der Waals surface area contributed by atoms with Gasteiger partial charge < -0.3 is 9.33 Å². The molecule has 1 aliphatic heterocycles. The smallest absolute Gasteiger partial charge is 0.223 e. The lowest BCUT2D eigenvalue weighted by molar-refractivity contribution is -0.135. The summed E-state index contributed by atoms with van der Waals surface area (Å²) < 4.78 is 6.47. The SMILES string of the molecule is Cc1cc(C)c(CCC(=O)N2CCCC[C@@H]2CO[Si](C)(C)C(C)(C)C)c(C)c1. The van der Waals surface area contributed by atoms with Crippen LogP contribution < -0.4 is 0 Å². The molecule has 1 aromatic carbocycles. The van der Waals surface area contributed by atoms with E-state index >= 15 is 0 Å². The van der Waals surface area contributed by atoms with Crippen LogP contribution in [0.5, 0.6) is 0 Å². The molecule has 1 fully saturated rings. The predicted octanol–water partition coefficient (Wildman–Crippen LogP) is 5.95. The van der Waals surface area contributed by atoms with Crippen molar-refractivity contribution >= 4 is 14.2 Å². The van der Waals surface area contributed by atoms with E-state index in [-0.39, 0.29) is 11.1 Å². The van der Waals surface area contributed by atoms with E-state index in [4.69, 9.17) is 4.43 Å². The first-order valence-electron chi connectivity index (χ1n) is 10.9. The molecule has 1 aromatic rings. The van der Waals surface area contributed by atoms with Gasteiger partial charge in [0.05, 0.1) is 12.6 Å². The summed E-state index contributed by atoms with van der Waals surface area (Å²) in [5.74, 6) is 0.294. The molecule has 0 spiro atoms. The van der Waals surface area contributed by atoms with Crippen LogP contribution in [0.15, 0.2) is 12.1 Å². The van der Waals surface area contributed by atoms with Gasteiger partial charge in [0.25, 0.3) is 0 Å². The number of benzene rings is 1. The molecule has 158 valence electrons. The van der Waals surface area contributed by atoms with Crippen molar-refractivity contribution in [2.75, 3.05) is 13.2 Å². The van der Waals surface area contributed by atoms with Crippen LogP contribution >= 0.6 is 0 Å². The second-order valence-corrected chi connectivity index (χ2v) is 15.0. The highest BCUT2D eigenvalue weighted by atomic mass is 28.4. The third-order valence-electron chi connectivity index (χ3n) is 6.82. The zero-order valence-electron chi connectivity index (χ0n) is 19.4. The van der Waals surface area contributed by atoms with E-state index in [2.05, 4.69) is 71.7 Å². The summed E-state index contributed by atoms with van der Waals surface area (Å²) in [6, 6.07) is 4.70. The molecule has 3 nitrogen and oxygen atoms in total. The van der Waals surface area contributed by atoms with Gasteiger partial charge in [-0.2, -0.15) is 0 Å². The van der Waals surface area contributed by atoms with Crippen molar-refractivity contribution < 1.29 is 9.22 Å². The largest absolute Gasteiger partial charge is 0.415 e. The molecule has 0 N–H and O–H groups in total. The maximum Gasteiger partial charge on any atom is 0.223 e. The number of hydrogen-bond donors (Lipinski definition) is 0. The molecule has 0 radical (unpaired) electrons. The number of amides is 1. The van der Waals surface area contributed by atoms with Crippen molar-refractivity contribution in [2.24, 2.45) is 0 Å². The number of rotatable bonds is 6. The Labute approximate surface area is 174 Å². The molecule has 1 atom stereocenters. The van der Waals surface area contributed by atoms with Gasteiger partial charge in [-0.05, 0) is 81.3 Å². The summed E-state index contributed by atoms with van der Waals surface area (Å²) in [6.07, 6.45) is 4.82. The van der Waals surface area contributed by atoms with Crippen LogP contribution in [0.3, 0.4) is 0 Å².